The lowest BCUT2D eigenvalue weighted by molar-refractivity contribution is -0.118. The Kier molecular flexibility index (Phi) is 7.28. The molecule has 2 aromatic carbocycles. The van der Waals surface area contributed by atoms with Crippen molar-refractivity contribution in [1.29, 1.82) is 0 Å². The van der Waals surface area contributed by atoms with Crippen molar-refractivity contribution in [1.82, 2.24) is 15.3 Å². The maximum Gasteiger partial charge on any atom is 0.230 e. The standard InChI is InChI=1S/C22H25N3O2S/c1-16-9-11-18(12-10-16)21-24-20(17-7-4-3-5-8-17)22(25-21)28-15-19(26)23-13-6-14-27-2/h3-5,7-12H,6,13-15H2,1-2H3,(H,23,26)(H,24,25). The smallest absolute Gasteiger partial charge is 0.230 e. The van der Waals surface area contributed by atoms with Crippen LogP contribution in [-0.4, -0.2) is 41.9 Å². The minimum atomic E-state index is 0.000000596. The van der Waals surface area contributed by atoms with E-state index in [1.165, 1.54) is 17.3 Å². The highest BCUT2D eigenvalue weighted by molar-refractivity contribution is 8.00. The number of amides is 1. The third-order valence-corrected chi connectivity index (χ3v) is 5.22. The fourth-order valence-electron chi connectivity index (χ4n) is 2.74. The van der Waals surface area contributed by atoms with E-state index < -0.39 is 0 Å². The molecule has 0 aliphatic carbocycles. The first-order valence-electron chi connectivity index (χ1n) is 9.28. The van der Waals surface area contributed by atoms with Gasteiger partial charge in [-0.25, -0.2) is 4.98 Å². The number of benzene rings is 2. The number of rotatable bonds is 9. The minimum absolute atomic E-state index is 0.000000596. The Morgan fingerprint density at radius 3 is 2.57 bits per heavy atom. The first kappa shape index (κ1) is 20.2. The van der Waals surface area contributed by atoms with E-state index in [0.717, 1.165) is 34.1 Å². The number of hydrogen-bond acceptors (Lipinski definition) is 4. The number of aromatic amines is 1. The zero-order chi connectivity index (χ0) is 19.8. The topological polar surface area (TPSA) is 67.0 Å². The van der Waals surface area contributed by atoms with Crippen molar-refractivity contribution < 1.29 is 9.53 Å². The summed E-state index contributed by atoms with van der Waals surface area (Å²) in [6.45, 7) is 3.33. The number of aryl methyl sites for hydroxylation is 1. The number of hydrogen-bond donors (Lipinski definition) is 2. The van der Waals surface area contributed by atoms with Crippen LogP contribution in [-0.2, 0) is 9.53 Å². The maximum atomic E-state index is 12.1. The molecule has 28 heavy (non-hydrogen) atoms. The summed E-state index contributed by atoms with van der Waals surface area (Å²) in [7, 11) is 1.66. The molecule has 1 aromatic heterocycles. The molecule has 0 bridgehead atoms. The second-order valence-electron chi connectivity index (χ2n) is 6.48. The lowest BCUT2D eigenvalue weighted by atomic mass is 10.1. The second-order valence-corrected chi connectivity index (χ2v) is 7.45. The van der Waals surface area contributed by atoms with Crippen LogP contribution in [0.4, 0.5) is 0 Å². The van der Waals surface area contributed by atoms with Gasteiger partial charge in [-0.3, -0.25) is 4.79 Å². The van der Waals surface area contributed by atoms with Crippen LogP contribution >= 0.6 is 11.8 Å². The number of thioether (sulfide) groups is 1. The molecule has 0 aliphatic rings. The Bertz CT molecular complexity index is 892. The van der Waals surface area contributed by atoms with Gasteiger partial charge in [0.2, 0.25) is 5.91 Å². The summed E-state index contributed by atoms with van der Waals surface area (Å²) < 4.78 is 5.00. The van der Waals surface area contributed by atoms with E-state index in [1.54, 1.807) is 7.11 Å². The van der Waals surface area contributed by atoms with Crippen molar-refractivity contribution >= 4 is 17.7 Å². The Balaban J connectivity index is 1.76. The van der Waals surface area contributed by atoms with Gasteiger partial charge in [0, 0.05) is 31.4 Å². The summed E-state index contributed by atoms with van der Waals surface area (Å²) in [5, 5.41) is 3.74. The molecule has 0 aliphatic heterocycles. The number of methoxy groups -OCH3 is 1. The number of nitrogens with one attached hydrogen (secondary N) is 2. The first-order valence-corrected chi connectivity index (χ1v) is 10.3. The molecule has 0 unspecified atom stereocenters. The average molecular weight is 396 g/mol. The van der Waals surface area contributed by atoms with Crippen LogP contribution in [0.3, 0.4) is 0 Å². The summed E-state index contributed by atoms with van der Waals surface area (Å²) in [4.78, 5) is 20.3. The fraction of sp³-hybridized carbons (Fsp3) is 0.273. The van der Waals surface area contributed by atoms with Crippen LogP contribution in [0.5, 0.6) is 0 Å². The first-order chi connectivity index (χ1) is 13.7. The maximum absolute atomic E-state index is 12.1. The van der Waals surface area contributed by atoms with E-state index in [1.807, 2.05) is 30.3 Å². The number of aromatic nitrogens is 2. The number of nitrogens with zero attached hydrogens (tertiary/aromatic N) is 1. The summed E-state index contributed by atoms with van der Waals surface area (Å²) in [6.07, 6.45) is 0.808. The zero-order valence-electron chi connectivity index (χ0n) is 16.2. The molecule has 146 valence electrons. The van der Waals surface area contributed by atoms with E-state index >= 15 is 0 Å². The van der Waals surface area contributed by atoms with Gasteiger partial charge in [0.25, 0.3) is 0 Å². The predicted molar refractivity (Wildman–Crippen MR) is 114 cm³/mol. The SMILES string of the molecule is COCCCNC(=O)CSc1nc(-c2ccc(C)cc2)[nH]c1-c1ccccc1. The van der Waals surface area contributed by atoms with Crippen molar-refractivity contribution in [3.8, 4) is 22.6 Å². The van der Waals surface area contributed by atoms with E-state index in [9.17, 15) is 4.79 Å². The number of carbonyl (C=O) groups excluding carboxylic acids is 1. The molecule has 3 aromatic rings. The quantitative estimate of drug-likeness (QED) is 0.419. The highest BCUT2D eigenvalue weighted by atomic mass is 32.2. The lowest BCUT2D eigenvalue weighted by Crippen LogP contribution is -2.26. The lowest BCUT2D eigenvalue weighted by Gasteiger charge is -2.05. The molecule has 0 saturated carbocycles. The Hall–Kier alpha value is -2.57. The van der Waals surface area contributed by atoms with Crippen molar-refractivity contribution in [2.24, 2.45) is 0 Å². The molecule has 0 atom stereocenters. The minimum Gasteiger partial charge on any atom is -0.385 e. The second kappa shape index (κ2) is 10.1. The van der Waals surface area contributed by atoms with Crippen molar-refractivity contribution in [2.75, 3.05) is 26.0 Å². The Labute approximate surface area is 169 Å². The van der Waals surface area contributed by atoms with Crippen LogP contribution < -0.4 is 5.32 Å². The monoisotopic (exact) mass is 395 g/mol. The van der Waals surface area contributed by atoms with Crippen molar-refractivity contribution in [3.63, 3.8) is 0 Å². The highest BCUT2D eigenvalue weighted by Crippen LogP contribution is 2.32. The van der Waals surface area contributed by atoms with Gasteiger partial charge in [-0.1, -0.05) is 71.9 Å². The molecule has 3 rings (SSSR count). The summed E-state index contributed by atoms with van der Waals surface area (Å²) in [5.74, 6) is 1.13. The zero-order valence-corrected chi connectivity index (χ0v) is 17.0. The number of imidazole rings is 1. The molecule has 1 heterocycles. The summed E-state index contributed by atoms with van der Waals surface area (Å²) in [5.41, 5.74) is 4.22. The van der Waals surface area contributed by atoms with Crippen LogP contribution in [0.15, 0.2) is 59.6 Å². The molecular weight excluding hydrogens is 370 g/mol. The summed E-state index contributed by atoms with van der Waals surface area (Å²) >= 11 is 1.45. The predicted octanol–water partition coefficient (Wildman–Crippen LogP) is 4.30. The van der Waals surface area contributed by atoms with Crippen LogP contribution in [0.1, 0.15) is 12.0 Å². The molecule has 0 radical (unpaired) electrons. The van der Waals surface area contributed by atoms with Crippen molar-refractivity contribution in [2.45, 2.75) is 18.4 Å². The molecule has 5 nitrogen and oxygen atoms in total. The van der Waals surface area contributed by atoms with Gasteiger partial charge in [-0.2, -0.15) is 0 Å². The molecule has 0 fully saturated rings. The van der Waals surface area contributed by atoms with Gasteiger partial charge in [0.15, 0.2) is 0 Å². The van der Waals surface area contributed by atoms with Gasteiger partial charge in [-0.05, 0) is 13.3 Å². The van der Waals surface area contributed by atoms with E-state index in [2.05, 4.69) is 41.5 Å². The van der Waals surface area contributed by atoms with E-state index in [0.29, 0.717) is 18.9 Å². The average Bonchev–Trinajstić information content (AvgIpc) is 3.15. The van der Waals surface area contributed by atoms with E-state index in [4.69, 9.17) is 9.72 Å². The van der Waals surface area contributed by atoms with Crippen LogP contribution in [0.25, 0.3) is 22.6 Å². The van der Waals surface area contributed by atoms with Gasteiger partial charge in [0.1, 0.15) is 10.9 Å². The number of ether oxygens (including phenoxy) is 1. The fourth-order valence-corrected chi connectivity index (χ4v) is 3.58. The Morgan fingerprint density at radius 1 is 1.11 bits per heavy atom. The molecule has 2 N–H and O–H groups in total. The molecule has 0 saturated heterocycles. The van der Waals surface area contributed by atoms with Crippen LogP contribution in [0.2, 0.25) is 0 Å². The van der Waals surface area contributed by atoms with Crippen LogP contribution in [0, 0.1) is 6.92 Å². The van der Waals surface area contributed by atoms with E-state index in [-0.39, 0.29) is 5.91 Å². The molecule has 1 amide bonds. The molecule has 6 heteroatoms. The third kappa shape index (κ3) is 5.47. The number of H-pyrrole nitrogens is 1. The normalized spacial score (nSPS) is 10.8. The largest absolute Gasteiger partial charge is 0.385 e. The Morgan fingerprint density at radius 2 is 1.86 bits per heavy atom. The summed E-state index contributed by atoms with van der Waals surface area (Å²) in [6, 6.07) is 18.3. The van der Waals surface area contributed by atoms with Gasteiger partial charge < -0.3 is 15.0 Å². The molecule has 0 spiro atoms. The van der Waals surface area contributed by atoms with Crippen molar-refractivity contribution in [3.05, 3.63) is 60.2 Å². The third-order valence-electron chi connectivity index (χ3n) is 4.25. The van der Waals surface area contributed by atoms with Gasteiger partial charge in [-0.15, -0.1) is 0 Å². The van der Waals surface area contributed by atoms with Gasteiger partial charge in [0.05, 0.1) is 11.4 Å². The van der Waals surface area contributed by atoms with Gasteiger partial charge >= 0.3 is 0 Å². The number of carbonyl (C=O) groups is 1. The highest BCUT2D eigenvalue weighted by Gasteiger charge is 2.15. The molecular formula is C22H25N3O2S.